The zero-order valence-corrected chi connectivity index (χ0v) is 26.1. The Morgan fingerprint density at radius 1 is 1.09 bits per heavy atom. The van der Waals surface area contributed by atoms with Crippen LogP contribution >= 0.6 is 0 Å². The van der Waals surface area contributed by atoms with Gasteiger partial charge >= 0.3 is 0 Å². The Balaban J connectivity index is 1.41. The minimum atomic E-state index is -1.30. The van der Waals surface area contributed by atoms with Crippen molar-refractivity contribution in [3.05, 3.63) is 47.2 Å². The predicted molar refractivity (Wildman–Crippen MR) is 166 cm³/mol. The lowest BCUT2D eigenvalue weighted by Gasteiger charge is -2.27. The van der Waals surface area contributed by atoms with E-state index in [1.807, 2.05) is 43.5 Å². The summed E-state index contributed by atoms with van der Waals surface area (Å²) in [5.41, 5.74) is 1.14. The van der Waals surface area contributed by atoms with Gasteiger partial charge in [-0.15, -0.1) is 0 Å². The van der Waals surface area contributed by atoms with Crippen molar-refractivity contribution < 1.29 is 22.8 Å². The molecule has 6 rings (SSSR count). The van der Waals surface area contributed by atoms with Crippen molar-refractivity contribution >= 4 is 33.9 Å². The number of hydrogen-bond acceptors (Lipinski definition) is 5. The topological polar surface area (TPSA) is 106 Å². The first-order valence-corrected chi connectivity index (χ1v) is 15.8. The number of aryl methyl sites for hydroxylation is 2. The maximum atomic E-state index is 15.6. The van der Waals surface area contributed by atoms with Gasteiger partial charge in [-0.2, -0.15) is 0 Å². The molecule has 45 heavy (non-hydrogen) atoms. The van der Waals surface area contributed by atoms with Crippen LogP contribution < -0.4 is 16.0 Å². The van der Waals surface area contributed by atoms with Crippen LogP contribution in [0.2, 0.25) is 0 Å². The van der Waals surface area contributed by atoms with E-state index >= 15 is 8.78 Å². The number of pyridine rings is 1. The van der Waals surface area contributed by atoms with Crippen molar-refractivity contribution in [3.63, 3.8) is 0 Å². The van der Waals surface area contributed by atoms with Gasteiger partial charge in [0.2, 0.25) is 5.91 Å². The van der Waals surface area contributed by atoms with Crippen molar-refractivity contribution in [2.45, 2.75) is 84.1 Å². The Kier molecular flexibility index (Phi) is 8.36. The summed E-state index contributed by atoms with van der Waals surface area (Å²) in [5.74, 6) is -3.00. The third-order valence-corrected chi connectivity index (χ3v) is 9.33. The maximum absolute atomic E-state index is 15.6. The van der Waals surface area contributed by atoms with Gasteiger partial charge in [0.25, 0.3) is 5.91 Å². The molecule has 3 aromatic heterocycles. The number of alkyl halides is 1. The molecule has 0 spiro atoms. The average molecular weight is 624 g/mol. The summed E-state index contributed by atoms with van der Waals surface area (Å²) in [6.45, 7) is 7.19. The number of benzene rings is 1. The van der Waals surface area contributed by atoms with Crippen molar-refractivity contribution in [1.29, 1.82) is 0 Å². The van der Waals surface area contributed by atoms with Crippen LogP contribution in [0.3, 0.4) is 0 Å². The number of carbonyl (C=O) groups excluding carboxylic acids is 2. The zero-order valence-electron chi connectivity index (χ0n) is 26.1. The van der Waals surface area contributed by atoms with Gasteiger partial charge in [-0.3, -0.25) is 9.59 Å². The van der Waals surface area contributed by atoms with Crippen LogP contribution in [0.4, 0.5) is 13.2 Å². The van der Waals surface area contributed by atoms with Crippen LogP contribution in [-0.2, 0) is 18.4 Å². The molecule has 1 fully saturated rings. The van der Waals surface area contributed by atoms with Gasteiger partial charge in [0.1, 0.15) is 17.3 Å². The van der Waals surface area contributed by atoms with Crippen LogP contribution in [0.25, 0.3) is 33.6 Å². The van der Waals surface area contributed by atoms with Crippen LogP contribution in [0.1, 0.15) is 81.4 Å². The Morgan fingerprint density at radius 2 is 1.87 bits per heavy atom. The molecule has 1 saturated heterocycles. The molecule has 9 nitrogen and oxygen atoms in total. The summed E-state index contributed by atoms with van der Waals surface area (Å²) in [6.07, 6.45) is 3.44. The second kappa shape index (κ2) is 12.1. The van der Waals surface area contributed by atoms with E-state index in [-0.39, 0.29) is 35.9 Å². The lowest BCUT2D eigenvalue weighted by atomic mass is 9.85. The van der Waals surface area contributed by atoms with Crippen LogP contribution in [0.5, 0.6) is 0 Å². The molecular formula is C33H40F3N7O2. The van der Waals surface area contributed by atoms with Crippen molar-refractivity contribution in [1.82, 2.24) is 35.1 Å². The molecule has 0 aliphatic carbocycles. The second-order valence-electron chi connectivity index (χ2n) is 13.1. The summed E-state index contributed by atoms with van der Waals surface area (Å²) in [7, 11) is 1.61. The Morgan fingerprint density at radius 3 is 2.64 bits per heavy atom. The molecule has 4 aromatic rings. The van der Waals surface area contributed by atoms with Gasteiger partial charge in [0.05, 0.1) is 34.6 Å². The van der Waals surface area contributed by atoms with Gasteiger partial charge in [-0.05, 0) is 57.0 Å². The molecule has 240 valence electrons. The minimum Gasteiger partial charge on any atom is -0.348 e. The van der Waals surface area contributed by atoms with Crippen molar-refractivity contribution in [3.8, 4) is 11.5 Å². The molecule has 0 unspecified atom stereocenters. The summed E-state index contributed by atoms with van der Waals surface area (Å²) in [6, 6.07) is 5.83. The van der Waals surface area contributed by atoms with Crippen LogP contribution in [0, 0.1) is 17.0 Å². The molecule has 2 amide bonds. The quantitative estimate of drug-likeness (QED) is 0.281. The number of carbonyl (C=O) groups is 2. The van der Waals surface area contributed by atoms with Crippen molar-refractivity contribution in [2.75, 3.05) is 13.1 Å². The number of hydrogen-bond donors (Lipinski definition) is 3. The summed E-state index contributed by atoms with van der Waals surface area (Å²) >= 11 is 0. The fourth-order valence-corrected chi connectivity index (χ4v) is 6.48. The van der Waals surface area contributed by atoms with Crippen molar-refractivity contribution in [2.24, 2.45) is 12.5 Å². The number of rotatable bonds is 3. The number of fused-ring (bicyclic) bond motifs is 2. The minimum absolute atomic E-state index is 0.00745. The predicted octanol–water partition coefficient (Wildman–Crippen LogP) is 5.47. The number of nitrogens with one attached hydrogen (secondary N) is 3. The lowest BCUT2D eigenvalue weighted by molar-refractivity contribution is -0.130. The normalized spacial score (nSPS) is 22.8. The van der Waals surface area contributed by atoms with E-state index in [0.717, 1.165) is 37.5 Å². The first-order chi connectivity index (χ1) is 21.5. The van der Waals surface area contributed by atoms with E-state index in [9.17, 15) is 14.0 Å². The smallest absolute Gasteiger partial charge is 0.254 e. The summed E-state index contributed by atoms with van der Waals surface area (Å²) < 4.78 is 48.8. The zero-order chi connectivity index (χ0) is 32.0. The molecule has 12 heteroatoms. The van der Waals surface area contributed by atoms with E-state index in [2.05, 4.69) is 16.0 Å². The third kappa shape index (κ3) is 5.80. The first-order valence-electron chi connectivity index (χ1n) is 15.8. The average Bonchev–Trinajstić information content (AvgIpc) is 3.53. The fourth-order valence-electron chi connectivity index (χ4n) is 6.48. The highest BCUT2D eigenvalue weighted by Crippen LogP contribution is 2.34. The molecular weight excluding hydrogens is 583 g/mol. The number of aromatic nitrogens is 4. The molecule has 3 N–H and O–H groups in total. The van der Waals surface area contributed by atoms with E-state index in [1.165, 1.54) is 10.6 Å². The molecule has 0 radical (unpaired) electrons. The number of halogens is 3. The Labute approximate surface area is 260 Å². The number of imidazole rings is 1. The second-order valence-corrected chi connectivity index (χ2v) is 13.1. The molecule has 1 aromatic carbocycles. The molecule has 2 aliphatic rings. The number of nitrogens with zero attached hydrogens (tertiary/aromatic N) is 4. The third-order valence-electron chi connectivity index (χ3n) is 9.33. The largest absolute Gasteiger partial charge is 0.348 e. The van der Waals surface area contributed by atoms with Gasteiger partial charge in [0.15, 0.2) is 17.5 Å². The van der Waals surface area contributed by atoms with Gasteiger partial charge in [-0.25, -0.2) is 23.1 Å². The van der Waals surface area contributed by atoms with E-state index in [1.54, 1.807) is 7.05 Å². The standard InChI is InChI=1S/C33H40F3N7O2/c1-18-22-10-9-19-15-25(43(29(19)39-22)14-8-6-5-7-12-33(2,3)32(45)38-18)30-40-23-16-20(26(35)27(36)28(23)42(30)4)31(44)41-24-17-37-13-11-21(24)34/h9-10,15-16,18,21,24,37H,5-8,11-14,17H2,1-4H3,(H,38,45)(H,41,44)/t18-,21+,24+/m1/s1. The van der Waals surface area contributed by atoms with Gasteiger partial charge < -0.3 is 25.1 Å². The van der Waals surface area contributed by atoms with E-state index < -0.39 is 40.7 Å². The van der Waals surface area contributed by atoms with E-state index in [0.29, 0.717) is 35.9 Å². The van der Waals surface area contributed by atoms with E-state index in [4.69, 9.17) is 9.97 Å². The summed E-state index contributed by atoms with van der Waals surface area (Å²) in [4.78, 5) is 35.7. The lowest BCUT2D eigenvalue weighted by Crippen LogP contribution is -2.52. The van der Waals surface area contributed by atoms with Gasteiger partial charge in [-0.1, -0.05) is 33.1 Å². The van der Waals surface area contributed by atoms with Crippen LogP contribution in [-0.4, -0.2) is 56.2 Å². The van der Waals surface area contributed by atoms with Crippen LogP contribution in [0.15, 0.2) is 24.3 Å². The monoisotopic (exact) mass is 623 g/mol. The highest BCUT2D eigenvalue weighted by molar-refractivity contribution is 5.99. The first kappa shape index (κ1) is 31.1. The highest BCUT2D eigenvalue weighted by Gasteiger charge is 2.31. The molecule has 0 saturated carbocycles. The Bertz CT molecular complexity index is 1780. The molecule has 2 aliphatic heterocycles. The maximum Gasteiger partial charge on any atom is 0.254 e. The van der Waals surface area contributed by atoms with Gasteiger partial charge in [0, 0.05) is 30.9 Å². The number of amides is 2. The molecule has 3 atom stereocenters. The Hall–Kier alpha value is -3.93. The molecule has 2 bridgehead atoms. The number of piperidine rings is 1. The highest BCUT2D eigenvalue weighted by atomic mass is 19.2. The SMILES string of the molecule is C[C@H]1NC(=O)C(C)(C)CCCCCCn2c(-c3nc4cc(C(=O)N[C@H]5CNCC[C@@H]5F)c(F)c(F)c4n3C)cc3ccc1nc32. The summed E-state index contributed by atoms with van der Waals surface area (Å²) in [5, 5.41) is 9.48. The fraction of sp³-hybridized carbons (Fsp3) is 0.515. The molecule has 5 heterocycles.